The number of oxime groups is 1. The number of carboxylic acid groups (broad SMARTS) is 1. The van der Waals surface area contributed by atoms with Crippen molar-refractivity contribution in [1.29, 1.82) is 0 Å². The third kappa shape index (κ3) is 2.48. The van der Waals surface area contributed by atoms with Crippen LogP contribution in [0.5, 0.6) is 0 Å². The normalized spacial score (nSPS) is 11.3. The molecule has 0 atom stereocenters. The lowest BCUT2D eigenvalue weighted by atomic mass is 10.1. The monoisotopic (exact) mass is 194 g/mol. The van der Waals surface area contributed by atoms with E-state index in [0.717, 1.165) is 0 Å². The van der Waals surface area contributed by atoms with Gasteiger partial charge in [-0.2, -0.15) is 0 Å². The van der Waals surface area contributed by atoms with Gasteiger partial charge in [-0.3, -0.25) is 4.79 Å². The van der Waals surface area contributed by atoms with Gasteiger partial charge in [-0.25, -0.2) is 0 Å². The zero-order valence-corrected chi connectivity index (χ0v) is 7.34. The number of nitrogens with zero attached hydrogens (tertiary/aromatic N) is 1. The molecule has 0 aromatic heterocycles. The maximum absolute atomic E-state index is 10.4. The molecule has 14 heavy (non-hydrogen) atoms. The Hall–Kier alpha value is -2.04. The summed E-state index contributed by atoms with van der Waals surface area (Å²) in [6, 6.07) is 6.46. The highest BCUT2D eigenvalue weighted by Gasteiger charge is 2.02. The van der Waals surface area contributed by atoms with E-state index in [9.17, 15) is 4.79 Å². The molecule has 0 heterocycles. The first-order valence-electron chi connectivity index (χ1n) is 3.92. The maximum Gasteiger partial charge on any atom is 0.307 e. The predicted octanol–water partition coefficient (Wildman–Crippen LogP) is 0.408. The van der Waals surface area contributed by atoms with Crippen LogP contribution in [0.2, 0.25) is 0 Å². The molecule has 0 radical (unpaired) electrons. The largest absolute Gasteiger partial charge is 0.481 e. The zero-order chi connectivity index (χ0) is 10.6. The minimum absolute atomic E-state index is 0.00637. The van der Waals surface area contributed by atoms with Crippen molar-refractivity contribution in [3.63, 3.8) is 0 Å². The van der Waals surface area contributed by atoms with Crippen molar-refractivity contribution in [2.24, 2.45) is 10.9 Å². The number of hydrogen-bond donors (Lipinski definition) is 3. The average Bonchev–Trinajstić information content (AvgIpc) is 2.17. The second-order valence-corrected chi connectivity index (χ2v) is 2.75. The Morgan fingerprint density at radius 1 is 1.36 bits per heavy atom. The van der Waals surface area contributed by atoms with Gasteiger partial charge in [0.25, 0.3) is 0 Å². The van der Waals surface area contributed by atoms with Crippen molar-refractivity contribution in [1.82, 2.24) is 0 Å². The predicted molar refractivity (Wildman–Crippen MR) is 50.3 cm³/mol. The highest BCUT2D eigenvalue weighted by atomic mass is 16.4. The van der Waals surface area contributed by atoms with Crippen LogP contribution in [0.3, 0.4) is 0 Å². The SMILES string of the molecule is N/C(=N\O)c1ccc(CC(=O)O)cc1. The molecule has 0 aliphatic carbocycles. The van der Waals surface area contributed by atoms with Crippen LogP contribution < -0.4 is 5.73 Å². The lowest BCUT2D eigenvalue weighted by Gasteiger charge is -2.00. The van der Waals surface area contributed by atoms with E-state index < -0.39 is 5.97 Å². The second kappa shape index (κ2) is 4.27. The van der Waals surface area contributed by atoms with Crippen molar-refractivity contribution < 1.29 is 15.1 Å². The van der Waals surface area contributed by atoms with Crippen LogP contribution in [0, 0.1) is 0 Å². The fourth-order valence-electron chi connectivity index (χ4n) is 1.03. The molecule has 1 aromatic carbocycles. The Morgan fingerprint density at radius 2 is 1.93 bits per heavy atom. The summed E-state index contributed by atoms with van der Waals surface area (Å²) in [6.45, 7) is 0. The number of amidine groups is 1. The molecule has 0 aliphatic rings. The van der Waals surface area contributed by atoms with Crippen LogP contribution in [-0.2, 0) is 11.2 Å². The van der Waals surface area contributed by atoms with Gasteiger partial charge in [-0.15, -0.1) is 0 Å². The van der Waals surface area contributed by atoms with Crippen LogP contribution in [0.1, 0.15) is 11.1 Å². The van der Waals surface area contributed by atoms with E-state index in [4.69, 9.17) is 16.0 Å². The van der Waals surface area contributed by atoms with Crippen molar-refractivity contribution in [3.8, 4) is 0 Å². The third-order valence-electron chi connectivity index (χ3n) is 1.71. The van der Waals surface area contributed by atoms with Gasteiger partial charge in [0.05, 0.1) is 6.42 Å². The average molecular weight is 194 g/mol. The van der Waals surface area contributed by atoms with E-state index in [1.165, 1.54) is 0 Å². The number of rotatable bonds is 3. The quantitative estimate of drug-likeness (QED) is 0.281. The molecule has 0 fully saturated rings. The minimum atomic E-state index is -0.887. The van der Waals surface area contributed by atoms with E-state index >= 15 is 0 Å². The molecule has 1 rings (SSSR count). The number of nitrogens with two attached hydrogens (primary N) is 1. The van der Waals surface area contributed by atoms with Gasteiger partial charge in [-0.05, 0) is 5.56 Å². The minimum Gasteiger partial charge on any atom is -0.481 e. The fourth-order valence-corrected chi connectivity index (χ4v) is 1.03. The van der Waals surface area contributed by atoms with E-state index in [1.807, 2.05) is 0 Å². The third-order valence-corrected chi connectivity index (χ3v) is 1.71. The Labute approximate surface area is 80.5 Å². The van der Waals surface area contributed by atoms with E-state index in [1.54, 1.807) is 24.3 Å². The molecular weight excluding hydrogens is 184 g/mol. The van der Waals surface area contributed by atoms with E-state index in [-0.39, 0.29) is 12.3 Å². The first kappa shape index (κ1) is 10.0. The summed E-state index contributed by atoms with van der Waals surface area (Å²) in [5.41, 5.74) is 6.56. The number of aliphatic carboxylic acids is 1. The van der Waals surface area contributed by atoms with Crippen LogP contribution in [0.15, 0.2) is 29.4 Å². The van der Waals surface area contributed by atoms with Crippen LogP contribution >= 0.6 is 0 Å². The Bertz CT molecular complexity index is 357. The second-order valence-electron chi connectivity index (χ2n) is 2.75. The Morgan fingerprint density at radius 3 is 2.36 bits per heavy atom. The van der Waals surface area contributed by atoms with Crippen molar-refractivity contribution in [3.05, 3.63) is 35.4 Å². The molecular formula is C9H10N2O3. The van der Waals surface area contributed by atoms with Gasteiger partial charge in [0.1, 0.15) is 0 Å². The molecule has 0 amide bonds. The molecule has 0 spiro atoms. The smallest absolute Gasteiger partial charge is 0.307 e. The molecule has 5 nitrogen and oxygen atoms in total. The summed E-state index contributed by atoms with van der Waals surface area (Å²) in [7, 11) is 0. The van der Waals surface area contributed by atoms with Crippen LogP contribution in [0.4, 0.5) is 0 Å². The Kier molecular flexibility index (Phi) is 3.06. The van der Waals surface area contributed by atoms with Crippen molar-refractivity contribution in [2.75, 3.05) is 0 Å². The van der Waals surface area contributed by atoms with Gasteiger partial charge in [-0.1, -0.05) is 29.4 Å². The van der Waals surface area contributed by atoms with Gasteiger partial charge >= 0.3 is 5.97 Å². The van der Waals surface area contributed by atoms with Gasteiger partial charge in [0.2, 0.25) is 0 Å². The molecule has 74 valence electrons. The zero-order valence-electron chi connectivity index (χ0n) is 7.34. The molecule has 5 heteroatoms. The van der Waals surface area contributed by atoms with Gasteiger partial charge < -0.3 is 16.0 Å². The van der Waals surface area contributed by atoms with Gasteiger partial charge in [0.15, 0.2) is 5.84 Å². The molecule has 0 bridgehead atoms. The lowest BCUT2D eigenvalue weighted by Crippen LogP contribution is -2.13. The number of benzene rings is 1. The summed E-state index contributed by atoms with van der Waals surface area (Å²) in [5, 5.41) is 19.7. The highest BCUT2D eigenvalue weighted by Crippen LogP contribution is 2.04. The van der Waals surface area contributed by atoms with Crippen molar-refractivity contribution >= 4 is 11.8 Å². The molecule has 0 unspecified atom stereocenters. The topological polar surface area (TPSA) is 95.9 Å². The molecule has 1 aromatic rings. The van der Waals surface area contributed by atoms with Crippen molar-refractivity contribution in [2.45, 2.75) is 6.42 Å². The standard InChI is InChI=1S/C9H10N2O3/c10-9(11-14)7-3-1-6(2-4-7)5-8(12)13/h1-4,14H,5H2,(H2,10,11)(H,12,13). The number of carbonyl (C=O) groups is 1. The summed E-state index contributed by atoms with van der Waals surface area (Å²) in [5.74, 6) is -0.881. The van der Waals surface area contributed by atoms with Crippen LogP contribution in [-0.4, -0.2) is 22.1 Å². The Balaban J connectivity index is 2.83. The number of hydrogen-bond acceptors (Lipinski definition) is 3. The molecule has 0 saturated carbocycles. The number of carboxylic acids is 1. The molecule has 4 N–H and O–H groups in total. The van der Waals surface area contributed by atoms with E-state index in [2.05, 4.69) is 5.16 Å². The summed E-state index contributed by atoms with van der Waals surface area (Å²) >= 11 is 0. The first-order valence-corrected chi connectivity index (χ1v) is 3.92. The highest BCUT2D eigenvalue weighted by molar-refractivity contribution is 5.97. The summed E-state index contributed by atoms with van der Waals surface area (Å²) in [4.78, 5) is 10.4. The summed E-state index contributed by atoms with van der Waals surface area (Å²) < 4.78 is 0. The molecule has 0 aliphatic heterocycles. The van der Waals surface area contributed by atoms with E-state index in [0.29, 0.717) is 11.1 Å². The van der Waals surface area contributed by atoms with Crippen LogP contribution in [0.25, 0.3) is 0 Å². The van der Waals surface area contributed by atoms with Gasteiger partial charge in [0, 0.05) is 5.56 Å². The lowest BCUT2D eigenvalue weighted by molar-refractivity contribution is -0.136. The summed E-state index contributed by atoms with van der Waals surface area (Å²) in [6.07, 6.45) is -0.0313. The maximum atomic E-state index is 10.4. The fraction of sp³-hybridized carbons (Fsp3) is 0.111. The first-order chi connectivity index (χ1) is 6.63. The molecule has 0 saturated heterocycles.